The van der Waals surface area contributed by atoms with Gasteiger partial charge in [-0.2, -0.15) is 0 Å². The van der Waals surface area contributed by atoms with Crippen molar-refractivity contribution in [3.63, 3.8) is 0 Å². The number of nitrogens with two attached hydrogens (primary N) is 1. The first kappa shape index (κ1) is 18.2. The van der Waals surface area contributed by atoms with Crippen LogP contribution in [0.1, 0.15) is 25.6 Å². The lowest BCUT2D eigenvalue weighted by molar-refractivity contribution is -0.158. The van der Waals surface area contributed by atoms with Crippen molar-refractivity contribution in [2.75, 3.05) is 32.5 Å². The van der Waals surface area contributed by atoms with E-state index in [4.69, 9.17) is 15.2 Å². The van der Waals surface area contributed by atoms with Crippen molar-refractivity contribution in [3.8, 4) is 11.1 Å². The molecule has 3 rings (SSSR count). The molecule has 3 heterocycles. The molecule has 0 unspecified atom stereocenters. The molecule has 26 heavy (non-hydrogen) atoms. The first-order valence-electron chi connectivity index (χ1n) is 8.40. The van der Waals surface area contributed by atoms with Crippen LogP contribution in [0.15, 0.2) is 30.9 Å². The number of anilines is 1. The summed E-state index contributed by atoms with van der Waals surface area (Å²) < 4.78 is 11.2. The van der Waals surface area contributed by atoms with Crippen LogP contribution >= 0.6 is 0 Å². The molecule has 0 saturated carbocycles. The molecule has 0 bridgehead atoms. The summed E-state index contributed by atoms with van der Waals surface area (Å²) in [5.74, 6) is 0.345. The smallest absolute Gasteiger partial charge is 0.254 e. The molecule has 0 spiro atoms. The Morgan fingerprint density at radius 2 is 2.23 bits per heavy atom. The molecule has 1 fully saturated rings. The van der Waals surface area contributed by atoms with Crippen LogP contribution < -0.4 is 5.73 Å². The van der Waals surface area contributed by atoms with Crippen LogP contribution in [-0.2, 0) is 14.3 Å². The van der Waals surface area contributed by atoms with Gasteiger partial charge >= 0.3 is 0 Å². The number of amides is 1. The Bertz CT molecular complexity index is 796. The number of ether oxygens (including phenoxy) is 2. The van der Waals surface area contributed by atoms with Gasteiger partial charge in [-0.3, -0.25) is 4.79 Å². The molecule has 0 aliphatic carbocycles. The predicted octanol–water partition coefficient (Wildman–Crippen LogP) is 1.45. The molecule has 1 saturated heterocycles. The largest absolute Gasteiger partial charge is 0.384 e. The molecular formula is C18H23N5O3. The van der Waals surface area contributed by atoms with E-state index in [1.165, 1.54) is 13.4 Å². The normalized spacial score (nSPS) is 18.0. The Morgan fingerprint density at radius 3 is 2.96 bits per heavy atom. The third-order valence-corrected chi connectivity index (χ3v) is 4.52. The summed E-state index contributed by atoms with van der Waals surface area (Å²) in [5, 5.41) is 0. The van der Waals surface area contributed by atoms with E-state index in [1.54, 1.807) is 37.2 Å². The van der Waals surface area contributed by atoms with Gasteiger partial charge in [0.05, 0.1) is 18.8 Å². The molecule has 8 heteroatoms. The number of nitrogens with zero attached hydrogens (tertiary/aromatic N) is 4. The highest BCUT2D eigenvalue weighted by Gasteiger charge is 2.36. The van der Waals surface area contributed by atoms with Crippen LogP contribution in [0.5, 0.6) is 0 Å². The molecule has 8 nitrogen and oxygen atoms in total. The Hall–Kier alpha value is -2.58. The fourth-order valence-corrected chi connectivity index (χ4v) is 2.90. The summed E-state index contributed by atoms with van der Waals surface area (Å²) in [5.41, 5.74) is 7.31. The van der Waals surface area contributed by atoms with E-state index in [-0.39, 0.29) is 12.0 Å². The monoisotopic (exact) mass is 357 g/mol. The Morgan fingerprint density at radius 1 is 1.42 bits per heavy atom. The van der Waals surface area contributed by atoms with Gasteiger partial charge in [-0.25, -0.2) is 15.0 Å². The molecule has 2 N–H and O–H groups in total. The average Bonchev–Trinajstić information content (AvgIpc) is 2.67. The maximum absolute atomic E-state index is 12.7. The molecule has 1 atom stereocenters. The number of morpholine rings is 1. The molecule has 2 aromatic heterocycles. The second-order valence-electron chi connectivity index (χ2n) is 6.62. The topological polar surface area (TPSA) is 103 Å². The summed E-state index contributed by atoms with van der Waals surface area (Å²) in [6.45, 7) is 4.87. The minimum atomic E-state index is -0.879. The number of hydrogen-bond donors (Lipinski definition) is 1. The lowest BCUT2D eigenvalue weighted by Gasteiger charge is -2.37. The zero-order valence-electron chi connectivity index (χ0n) is 15.2. The number of rotatable bonds is 4. The van der Waals surface area contributed by atoms with E-state index in [2.05, 4.69) is 15.0 Å². The number of aromatic nitrogens is 3. The van der Waals surface area contributed by atoms with Gasteiger partial charge in [-0.15, -0.1) is 0 Å². The lowest BCUT2D eigenvalue weighted by atomic mass is 10.0. The highest BCUT2D eigenvalue weighted by molar-refractivity contribution is 5.84. The van der Waals surface area contributed by atoms with E-state index in [0.29, 0.717) is 25.5 Å². The highest BCUT2D eigenvalue weighted by atomic mass is 16.5. The first-order valence-corrected chi connectivity index (χ1v) is 8.40. The minimum Gasteiger partial charge on any atom is -0.384 e. The van der Waals surface area contributed by atoms with Gasteiger partial charge in [0.1, 0.15) is 23.9 Å². The number of nitrogen functional groups attached to an aromatic ring is 1. The fourth-order valence-electron chi connectivity index (χ4n) is 2.90. The first-order chi connectivity index (χ1) is 12.4. The van der Waals surface area contributed by atoms with Crippen molar-refractivity contribution < 1.29 is 14.3 Å². The molecule has 1 amide bonds. The van der Waals surface area contributed by atoms with Crippen molar-refractivity contribution in [2.45, 2.75) is 25.6 Å². The number of carbonyl (C=O) groups excluding carboxylic acids is 1. The van der Waals surface area contributed by atoms with Crippen LogP contribution in [0.2, 0.25) is 0 Å². The van der Waals surface area contributed by atoms with Crippen molar-refractivity contribution in [2.24, 2.45) is 0 Å². The van der Waals surface area contributed by atoms with Crippen LogP contribution in [0.25, 0.3) is 11.1 Å². The predicted molar refractivity (Wildman–Crippen MR) is 96.0 cm³/mol. The standard InChI is InChI=1S/C18H23N5O3/c1-18(2,25-3)17(24)23-6-7-26-14(10-23)16-13(9-20-11-22-16)12-4-5-21-15(19)8-12/h4-5,8-9,11,14H,6-7,10H2,1-3H3,(H2,19,21)/t14-/m1/s1. The van der Waals surface area contributed by atoms with Gasteiger partial charge in [0.2, 0.25) is 0 Å². The van der Waals surface area contributed by atoms with Crippen LogP contribution in [0.4, 0.5) is 5.82 Å². The maximum Gasteiger partial charge on any atom is 0.254 e. The van der Waals surface area contributed by atoms with Crippen molar-refractivity contribution >= 4 is 11.7 Å². The van der Waals surface area contributed by atoms with Crippen molar-refractivity contribution in [3.05, 3.63) is 36.5 Å². The van der Waals surface area contributed by atoms with Crippen LogP contribution in [-0.4, -0.2) is 58.2 Å². The Kier molecular flexibility index (Phi) is 5.15. The van der Waals surface area contributed by atoms with Gasteiger partial charge in [0.15, 0.2) is 0 Å². The van der Waals surface area contributed by atoms with E-state index in [9.17, 15) is 4.79 Å². The number of carbonyl (C=O) groups is 1. The zero-order chi connectivity index (χ0) is 18.7. The summed E-state index contributed by atoms with van der Waals surface area (Å²) in [7, 11) is 1.53. The maximum atomic E-state index is 12.7. The zero-order valence-corrected chi connectivity index (χ0v) is 15.2. The highest BCUT2D eigenvalue weighted by Crippen LogP contribution is 2.31. The second-order valence-corrected chi connectivity index (χ2v) is 6.62. The second kappa shape index (κ2) is 7.35. The van der Waals surface area contributed by atoms with Crippen molar-refractivity contribution in [1.82, 2.24) is 19.9 Å². The quantitative estimate of drug-likeness (QED) is 0.883. The molecule has 1 aliphatic heterocycles. The minimum absolute atomic E-state index is 0.0722. The third-order valence-electron chi connectivity index (χ3n) is 4.52. The van der Waals surface area contributed by atoms with E-state index in [1.807, 2.05) is 6.07 Å². The van der Waals surface area contributed by atoms with E-state index >= 15 is 0 Å². The van der Waals surface area contributed by atoms with Gasteiger partial charge in [-0.1, -0.05) is 0 Å². The summed E-state index contributed by atoms with van der Waals surface area (Å²) in [4.78, 5) is 27.0. The van der Waals surface area contributed by atoms with Gasteiger partial charge < -0.3 is 20.1 Å². The summed E-state index contributed by atoms with van der Waals surface area (Å²) in [6, 6.07) is 3.61. The molecule has 2 aromatic rings. The summed E-state index contributed by atoms with van der Waals surface area (Å²) >= 11 is 0. The van der Waals surface area contributed by atoms with E-state index < -0.39 is 5.60 Å². The van der Waals surface area contributed by atoms with Gasteiger partial charge in [-0.05, 0) is 31.5 Å². The average molecular weight is 357 g/mol. The summed E-state index contributed by atoms with van der Waals surface area (Å²) in [6.07, 6.45) is 4.49. The molecular weight excluding hydrogens is 334 g/mol. The Balaban J connectivity index is 1.89. The Labute approximate surface area is 152 Å². The molecule has 0 radical (unpaired) electrons. The van der Waals surface area contributed by atoms with Crippen LogP contribution in [0.3, 0.4) is 0 Å². The molecule has 138 valence electrons. The van der Waals surface area contributed by atoms with Crippen LogP contribution in [0, 0.1) is 0 Å². The number of pyridine rings is 1. The SMILES string of the molecule is COC(C)(C)C(=O)N1CCO[C@@H](c2ncncc2-c2ccnc(N)c2)C1. The molecule has 0 aromatic carbocycles. The lowest BCUT2D eigenvalue weighted by Crippen LogP contribution is -2.51. The number of methoxy groups -OCH3 is 1. The van der Waals surface area contributed by atoms with Gasteiger partial charge in [0, 0.05) is 31.6 Å². The fraction of sp³-hybridized carbons (Fsp3) is 0.444. The molecule has 1 aliphatic rings. The van der Waals surface area contributed by atoms with E-state index in [0.717, 1.165) is 16.8 Å². The van der Waals surface area contributed by atoms with Gasteiger partial charge in [0.25, 0.3) is 5.91 Å². The third kappa shape index (κ3) is 3.66. The number of hydrogen-bond acceptors (Lipinski definition) is 7. The van der Waals surface area contributed by atoms with Crippen molar-refractivity contribution in [1.29, 1.82) is 0 Å².